The van der Waals surface area contributed by atoms with Crippen LogP contribution in [0.5, 0.6) is 0 Å². The maximum atomic E-state index is 12.9. The van der Waals surface area contributed by atoms with E-state index in [1.54, 1.807) is 0 Å². The Morgan fingerprint density at radius 3 is 0.757 bits per heavy atom. The molecule has 1 unspecified atom stereocenters. The van der Waals surface area contributed by atoms with E-state index in [0.717, 1.165) is 70.6 Å². The SMILES string of the molecule is CCCCCCC/C=C\C/C=C\CCCCCCCCCCCC(=O)OCC(COC(=O)CCCCCCC/C=C\CCCCCCC)OC(=O)CCCCCCCCCCC/C=C\CCCCCCCCCC. The maximum absolute atomic E-state index is 12.9. The zero-order valence-electron chi connectivity index (χ0n) is 49.6. The lowest BCUT2D eigenvalue weighted by atomic mass is 10.1. The molecule has 0 saturated heterocycles. The van der Waals surface area contributed by atoms with Gasteiger partial charge in [0.2, 0.25) is 0 Å². The van der Waals surface area contributed by atoms with Gasteiger partial charge in [0.15, 0.2) is 6.10 Å². The van der Waals surface area contributed by atoms with Crippen molar-refractivity contribution in [2.75, 3.05) is 13.2 Å². The van der Waals surface area contributed by atoms with Crippen LogP contribution in [0.3, 0.4) is 0 Å². The van der Waals surface area contributed by atoms with Crippen molar-refractivity contribution in [1.82, 2.24) is 0 Å². The molecule has 6 heteroatoms. The summed E-state index contributed by atoms with van der Waals surface area (Å²) in [5.41, 5.74) is 0. The second-order valence-corrected chi connectivity index (χ2v) is 22.0. The van der Waals surface area contributed by atoms with Crippen LogP contribution in [0.15, 0.2) is 48.6 Å². The zero-order valence-corrected chi connectivity index (χ0v) is 49.6. The first-order chi connectivity index (χ1) is 36.5. The van der Waals surface area contributed by atoms with Crippen LogP contribution >= 0.6 is 0 Å². The van der Waals surface area contributed by atoms with Crippen LogP contribution < -0.4 is 0 Å². The number of carbonyl (C=O) groups is 3. The van der Waals surface area contributed by atoms with E-state index in [4.69, 9.17) is 14.2 Å². The highest BCUT2D eigenvalue weighted by Crippen LogP contribution is 2.17. The van der Waals surface area contributed by atoms with E-state index < -0.39 is 6.10 Å². The second kappa shape index (κ2) is 62.9. The van der Waals surface area contributed by atoms with Gasteiger partial charge in [-0.3, -0.25) is 14.4 Å². The van der Waals surface area contributed by atoms with Crippen molar-refractivity contribution < 1.29 is 28.6 Å². The van der Waals surface area contributed by atoms with Crippen molar-refractivity contribution in [2.24, 2.45) is 0 Å². The predicted octanol–water partition coefficient (Wildman–Crippen LogP) is 22.2. The van der Waals surface area contributed by atoms with Gasteiger partial charge in [-0.15, -0.1) is 0 Å². The van der Waals surface area contributed by atoms with Crippen molar-refractivity contribution in [1.29, 1.82) is 0 Å². The Hall–Kier alpha value is -2.63. The highest BCUT2D eigenvalue weighted by atomic mass is 16.6. The molecule has 1 atom stereocenters. The number of esters is 3. The molecule has 0 aliphatic carbocycles. The molecule has 0 aromatic rings. The summed E-state index contributed by atoms with van der Waals surface area (Å²) in [5, 5.41) is 0. The predicted molar refractivity (Wildman–Crippen MR) is 321 cm³/mol. The van der Waals surface area contributed by atoms with Crippen LogP contribution in [-0.4, -0.2) is 37.2 Å². The number of carbonyl (C=O) groups excluding carboxylic acids is 3. The summed E-state index contributed by atoms with van der Waals surface area (Å²) in [6, 6.07) is 0. The van der Waals surface area contributed by atoms with Crippen molar-refractivity contribution in [2.45, 2.75) is 354 Å². The number of rotatable bonds is 60. The van der Waals surface area contributed by atoms with Crippen molar-refractivity contribution in [3.63, 3.8) is 0 Å². The standard InChI is InChI=1S/C68H124O6/c1-4-7-10-13-16-19-22-25-28-30-32-34-36-38-40-43-46-49-52-55-58-61-67(70)73-64-65(63-72-66(69)60-57-54-51-48-45-42-27-24-21-18-15-12-9-6-3)74-68(71)62-59-56-53-50-47-44-41-39-37-35-33-31-29-26-23-20-17-14-11-8-5-2/h22,24-25,27,30-33,65H,4-21,23,26,28-29,34-64H2,1-3H3/b25-22-,27-24-,32-30-,33-31-. The minimum Gasteiger partial charge on any atom is -0.462 e. The Morgan fingerprint density at radius 1 is 0.270 bits per heavy atom. The van der Waals surface area contributed by atoms with Crippen LogP contribution in [0.4, 0.5) is 0 Å². The molecule has 0 fully saturated rings. The Labute approximate surface area is 460 Å². The zero-order chi connectivity index (χ0) is 53.6. The number of unbranched alkanes of at least 4 members (excludes halogenated alkanes) is 41. The molecule has 0 bridgehead atoms. The fraction of sp³-hybridized carbons (Fsp3) is 0.838. The Kier molecular flexibility index (Phi) is 60.7. The van der Waals surface area contributed by atoms with Gasteiger partial charge >= 0.3 is 17.9 Å². The van der Waals surface area contributed by atoms with Crippen LogP contribution in [-0.2, 0) is 28.6 Å². The summed E-state index contributed by atoms with van der Waals surface area (Å²) in [6.45, 7) is 6.66. The molecule has 0 radical (unpaired) electrons. The third-order valence-corrected chi connectivity index (χ3v) is 14.5. The Bertz CT molecular complexity index is 1280. The lowest BCUT2D eigenvalue weighted by molar-refractivity contribution is -0.167. The summed E-state index contributed by atoms with van der Waals surface area (Å²) in [7, 11) is 0. The van der Waals surface area contributed by atoms with E-state index in [1.807, 2.05) is 0 Å². The van der Waals surface area contributed by atoms with E-state index >= 15 is 0 Å². The number of ether oxygens (including phenoxy) is 3. The minimum atomic E-state index is -0.780. The summed E-state index contributed by atoms with van der Waals surface area (Å²) < 4.78 is 16.9. The molecule has 0 aliphatic heterocycles. The molecule has 0 heterocycles. The molecule has 0 aromatic heterocycles. The first kappa shape index (κ1) is 71.4. The van der Waals surface area contributed by atoms with Gasteiger partial charge in [-0.25, -0.2) is 0 Å². The maximum Gasteiger partial charge on any atom is 0.306 e. The molecular weight excluding hydrogens is 913 g/mol. The van der Waals surface area contributed by atoms with Gasteiger partial charge in [0.1, 0.15) is 13.2 Å². The Balaban J connectivity index is 4.33. The highest BCUT2D eigenvalue weighted by Gasteiger charge is 2.19. The van der Waals surface area contributed by atoms with E-state index in [-0.39, 0.29) is 31.1 Å². The molecule has 0 spiro atoms. The minimum absolute atomic E-state index is 0.0765. The highest BCUT2D eigenvalue weighted by molar-refractivity contribution is 5.71. The molecule has 6 nitrogen and oxygen atoms in total. The normalized spacial score (nSPS) is 12.3. The average Bonchev–Trinajstić information content (AvgIpc) is 3.40. The van der Waals surface area contributed by atoms with Crippen LogP contribution in [0.2, 0.25) is 0 Å². The molecule has 0 saturated carbocycles. The van der Waals surface area contributed by atoms with Gasteiger partial charge < -0.3 is 14.2 Å². The van der Waals surface area contributed by atoms with Gasteiger partial charge in [-0.05, 0) is 103 Å². The molecule has 0 amide bonds. The van der Waals surface area contributed by atoms with Crippen LogP contribution in [0.1, 0.15) is 348 Å². The smallest absolute Gasteiger partial charge is 0.306 e. The van der Waals surface area contributed by atoms with Gasteiger partial charge in [0.05, 0.1) is 0 Å². The van der Waals surface area contributed by atoms with Gasteiger partial charge in [-0.2, -0.15) is 0 Å². The summed E-state index contributed by atoms with van der Waals surface area (Å²) in [6.07, 6.45) is 78.3. The lowest BCUT2D eigenvalue weighted by Gasteiger charge is -2.18. The average molecular weight is 1040 g/mol. The van der Waals surface area contributed by atoms with Gasteiger partial charge in [-0.1, -0.05) is 275 Å². The molecule has 432 valence electrons. The summed E-state index contributed by atoms with van der Waals surface area (Å²) in [5.74, 6) is -0.871. The molecule has 0 aromatic carbocycles. The third kappa shape index (κ3) is 60.2. The number of allylic oxidation sites excluding steroid dienone is 8. The molecule has 0 rings (SSSR count). The fourth-order valence-corrected chi connectivity index (χ4v) is 9.58. The van der Waals surface area contributed by atoms with Gasteiger partial charge in [0, 0.05) is 19.3 Å². The lowest BCUT2D eigenvalue weighted by Crippen LogP contribution is -2.30. The topological polar surface area (TPSA) is 78.9 Å². The van der Waals surface area contributed by atoms with Crippen LogP contribution in [0, 0.1) is 0 Å². The first-order valence-electron chi connectivity index (χ1n) is 32.6. The molecule has 74 heavy (non-hydrogen) atoms. The third-order valence-electron chi connectivity index (χ3n) is 14.5. The second-order valence-electron chi connectivity index (χ2n) is 22.0. The summed E-state index contributed by atoms with van der Waals surface area (Å²) >= 11 is 0. The molecular formula is C68H124O6. The van der Waals surface area contributed by atoms with Gasteiger partial charge in [0.25, 0.3) is 0 Å². The van der Waals surface area contributed by atoms with Crippen molar-refractivity contribution in [3.05, 3.63) is 48.6 Å². The van der Waals surface area contributed by atoms with E-state index in [1.165, 1.54) is 238 Å². The molecule has 0 aliphatic rings. The van der Waals surface area contributed by atoms with E-state index in [9.17, 15) is 14.4 Å². The van der Waals surface area contributed by atoms with E-state index in [0.29, 0.717) is 19.3 Å². The quantitative estimate of drug-likeness (QED) is 0.0261. The van der Waals surface area contributed by atoms with Crippen molar-refractivity contribution in [3.8, 4) is 0 Å². The Morgan fingerprint density at radius 2 is 0.486 bits per heavy atom. The summed E-state index contributed by atoms with van der Waals surface area (Å²) in [4.78, 5) is 38.3. The van der Waals surface area contributed by atoms with Crippen LogP contribution in [0.25, 0.3) is 0 Å². The first-order valence-corrected chi connectivity index (χ1v) is 32.6. The monoisotopic (exact) mass is 1040 g/mol. The number of hydrogen-bond donors (Lipinski definition) is 0. The number of hydrogen-bond acceptors (Lipinski definition) is 6. The molecule has 0 N–H and O–H groups in total. The van der Waals surface area contributed by atoms with Crippen molar-refractivity contribution >= 4 is 17.9 Å². The largest absolute Gasteiger partial charge is 0.462 e. The van der Waals surface area contributed by atoms with E-state index in [2.05, 4.69) is 69.4 Å². The fourth-order valence-electron chi connectivity index (χ4n) is 9.58.